The first-order valence-electron chi connectivity index (χ1n) is 16.5. The van der Waals surface area contributed by atoms with Crippen LogP contribution in [0.2, 0.25) is 0 Å². The molecule has 1 aliphatic carbocycles. The molecule has 0 saturated heterocycles. The van der Waals surface area contributed by atoms with Gasteiger partial charge in [0, 0.05) is 39.2 Å². The summed E-state index contributed by atoms with van der Waals surface area (Å²) in [5.41, 5.74) is 8.60. The molecule has 3 aromatic heterocycles. The van der Waals surface area contributed by atoms with E-state index in [4.69, 9.17) is 15.0 Å². The third-order valence-corrected chi connectivity index (χ3v) is 10.00. The molecular weight excluding hydrogens is 599 g/mol. The molecule has 3 heterocycles. The van der Waals surface area contributed by atoms with Gasteiger partial charge in [-0.1, -0.05) is 97.1 Å². The van der Waals surface area contributed by atoms with Crippen molar-refractivity contribution < 1.29 is 0 Å². The van der Waals surface area contributed by atoms with E-state index in [1.54, 1.807) is 6.20 Å². The standard InChI is InChI=1S/C44H25N5/c1-2-8-29(9-3-1)42-46-43(48-44(47-42)34-13-4-5-25-45-34)30-19-22-31(23-20-30)49-35-14-7-12-33-32-11-6-10-26-15-16-27-17-18-28-21-24-36(49)41(40(33)35)39(28)38(27)37(26)32/h1-25H. The summed E-state index contributed by atoms with van der Waals surface area (Å²) < 4.78 is 2.41. The molecule has 0 bridgehead atoms. The Morgan fingerprint density at radius 1 is 0.367 bits per heavy atom. The molecule has 49 heavy (non-hydrogen) atoms. The van der Waals surface area contributed by atoms with Crippen molar-refractivity contribution in [2.45, 2.75) is 0 Å². The Morgan fingerprint density at radius 3 is 1.69 bits per heavy atom. The van der Waals surface area contributed by atoms with Gasteiger partial charge in [0.1, 0.15) is 5.69 Å². The van der Waals surface area contributed by atoms with Crippen molar-refractivity contribution in [1.29, 1.82) is 0 Å². The van der Waals surface area contributed by atoms with Crippen molar-refractivity contribution in [3.05, 3.63) is 152 Å². The topological polar surface area (TPSA) is 56.5 Å². The molecule has 5 heteroatoms. The van der Waals surface area contributed by atoms with Crippen molar-refractivity contribution in [2.24, 2.45) is 0 Å². The minimum absolute atomic E-state index is 0.548. The second-order valence-corrected chi connectivity index (χ2v) is 12.7. The van der Waals surface area contributed by atoms with Gasteiger partial charge in [-0.05, 0) is 86.6 Å². The molecule has 0 saturated carbocycles. The van der Waals surface area contributed by atoms with Crippen LogP contribution in [0.5, 0.6) is 0 Å². The second kappa shape index (κ2) is 9.89. The minimum Gasteiger partial charge on any atom is -0.309 e. The highest BCUT2D eigenvalue weighted by atomic mass is 15.0. The first kappa shape index (κ1) is 26.4. The van der Waals surface area contributed by atoms with E-state index in [2.05, 4.69) is 107 Å². The summed E-state index contributed by atoms with van der Waals surface area (Å²) in [6.07, 6.45) is 1.76. The lowest BCUT2D eigenvalue weighted by Crippen LogP contribution is -2.01. The highest BCUT2D eigenvalue weighted by molar-refractivity contribution is 6.38. The van der Waals surface area contributed by atoms with Gasteiger partial charge in [0.2, 0.25) is 0 Å². The molecule has 0 atom stereocenters. The van der Waals surface area contributed by atoms with Gasteiger partial charge in [-0.15, -0.1) is 0 Å². The van der Waals surface area contributed by atoms with E-state index >= 15 is 0 Å². The molecule has 11 rings (SSSR count). The molecule has 10 aromatic rings. The summed E-state index contributed by atoms with van der Waals surface area (Å²) in [6, 6.07) is 51.5. The predicted molar refractivity (Wildman–Crippen MR) is 200 cm³/mol. The van der Waals surface area contributed by atoms with Crippen LogP contribution in [-0.2, 0) is 0 Å². The second-order valence-electron chi connectivity index (χ2n) is 12.7. The highest BCUT2D eigenvalue weighted by Crippen LogP contribution is 2.49. The van der Waals surface area contributed by atoms with E-state index < -0.39 is 0 Å². The van der Waals surface area contributed by atoms with Crippen LogP contribution in [0, 0.1) is 0 Å². The third-order valence-electron chi connectivity index (χ3n) is 10.00. The van der Waals surface area contributed by atoms with Gasteiger partial charge in [-0.2, -0.15) is 0 Å². The van der Waals surface area contributed by atoms with Crippen LogP contribution in [0.1, 0.15) is 0 Å². The van der Waals surface area contributed by atoms with E-state index in [-0.39, 0.29) is 0 Å². The summed E-state index contributed by atoms with van der Waals surface area (Å²) in [4.78, 5) is 19.2. The Kier molecular flexibility index (Phi) is 5.32. The monoisotopic (exact) mass is 623 g/mol. The maximum Gasteiger partial charge on any atom is 0.182 e. The summed E-state index contributed by atoms with van der Waals surface area (Å²) in [5.74, 6) is 1.78. The number of rotatable bonds is 4. The average molecular weight is 624 g/mol. The lowest BCUT2D eigenvalue weighted by atomic mass is 9.93. The van der Waals surface area contributed by atoms with Crippen molar-refractivity contribution in [2.75, 3.05) is 0 Å². The molecular formula is C44H25N5. The first-order valence-corrected chi connectivity index (χ1v) is 16.5. The van der Waals surface area contributed by atoms with Crippen LogP contribution in [0.4, 0.5) is 0 Å². The molecule has 5 nitrogen and oxygen atoms in total. The van der Waals surface area contributed by atoms with Crippen molar-refractivity contribution >= 4 is 54.1 Å². The van der Waals surface area contributed by atoms with Crippen molar-refractivity contribution in [3.8, 4) is 51.1 Å². The molecule has 0 N–H and O–H groups in total. The molecule has 0 aliphatic heterocycles. The van der Waals surface area contributed by atoms with Crippen LogP contribution < -0.4 is 0 Å². The number of fused-ring (bicyclic) bond motifs is 1. The van der Waals surface area contributed by atoms with Crippen LogP contribution in [-0.4, -0.2) is 24.5 Å². The maximum atomic E-state index is 4.93. The molecule has 0 spiro atoms. The summed E-state index contributed by atoms with van der Waals surface area (Å²) in [5, 5.41) is 10.4. The summed E-state index contributed by atoms with van der Waals surface area (Å²) in [7, 11) is 0. The van der Waals surface area contributed by atoms with E-state index in [0.717, 1.165) is 16.8 Å². The maximum absolute atomic E-state index is 4.93. The van der Waals surface area contributed by atoms with E-state index in [1.165, 1.54) is 65.3 Å². The fourth-order valence-electron chi connectivity index (χ4n) is 7.88. The molecule has 0 fully saturated rings. The lowest BCUT2D eigenvalue weighted by Gasteiger charge is -2.14. The molecule has 1 aliphatic rings. The van der Waals surface area contributed by atoms with Gasteiger partial charge in [0.15, 0.2) is 17.5 Å². The van der Waals surface area contributed by atoms with Crippen LogP contribution >= 0.6 is 0 Å². The molecule has 0 radical (unpaired) electrons. The van der Waals surface area contributed by atoms with Crippen molar-refractivity contribution in [3.63, 3.8) is 0 Å². The van der Waals surface area contributed by atoms with Gasteiger partial charge in [-0.3, -0.25) is 4.98 Å². The molecule has 7 aromatic carbocycles. The number of nitrogens with zero attached hydrogens (tertiary/aromatic N) is 5. The van der Waals surface area contributed by atoms with Gasteiger partial charge < -0.3 is 4.57 Å². The number of pyridine rings is 1. The van der Waals surface area contributed by atoms with Gasteiger partial charge in [0.25, 0.3) is 0 Å². The Labute approximate surface area is 280 Å². The Morgan fingerprint density at radius 2 is 0.959 bits per heavy atom. The van der Waals surface area contributed by atoms with Crippen LogP contribution in [0.3, 0.4) is 0 Å². The SMILES string of the molecule is c1ccc(-c2nc(-c3ccc(-n4c5cccc6c5c5c7c(ccc8ccc9cccc-6c9c87)ccc54)cc3)nc(-c3ccccn3)n2)cc1. The minimum atomic E-state index is 0.548. The highest BCUT2D eigenvalue weighted by Gasteiger charge is 2.24. The van der Waals surface area contributed by atoms with E-state index in [1.807, 2.05) is 48.5 Å². The number of aromatic nitrogens is 5. The normalized spacial score (nSPS) is 12.1. The summed E-state index contributed by atoms with van der Waals surface area (Å²) >= 11 is 0. The Hall–Kier alpha value is -6.72. The van der Waals surface area contributed by atoms with Gasteiger partial charge in [-0.25, -0.2) is 15.0 Å². The zero-order chi connectivity index (χ0) is 32.1. The fourth-order valence-corrected chi connectivity index (χ4v) is 7.88. The third kappa shape index (κ3) is 3.75. The predicted octanol–water partition coefficient (Wildman–Crippen LogP) is 10.8. The van der Waals surface area contributed by atoms with E-state index in [9.17, 15) is 0 Å². The first-order chi connectivity index (χ1) is 24.3. The van der Waals surface area contributed by atoms with E-state index in [0.29, 0.717) is 23.2 Å². The largest absolute Gasteiger partial charge is 0.309 e. The van der Waals surface area contributed by atoms with Crippen LogP contribution in [0.25, 0.3) is 105 Å². The smallest absolute Gasteiger partial charge is 0.182 e. The zero-order valence-corrected chi connectivity index (χ0v) is 26.2. The average Bonchev–Trinajstić information content (AvgIpc) is 3.45. The quantitative estimate of drug-likeness (QED) is 0.183. The number of hydrogen-bond donors (Lipinski definition) is 0. The zero-order valence-electron chi connectivity index (χ0n) is 26.2. The Balaban J connectivity index is 1.14. The van der Waals surface area contributed by atoms with Gasteiger partial charge >= 0.3 is 0 Å². The number of hydrogen-bond acceptors (Lipinski definition) is 4. The molecule has 226 valence electrons. The lowest BCUT2D eigenvalue weighted by molar-refractivity contribution is 1.06. The summed E-state index contributed by atoms with van der Waals surface area (Å²) in [6.45, 7) is 0. The van der Waals surface area contributed by atoms with Crippen molar-refractivity contribution in [1.82, 2.24) is 24.5 Å². The molecule has 0 amide bonds. The van der Waals surface area contributed by atoms with Crippen LogP contribution in [0.15, 0.2) is 152 Å². The Bertz CT molecular complexity index is 2900. The fraction of sp³-hybridized carbons (Fsp3) is 0. The number of benzene rings is 7. The van der Waals surface area contributed by atoms with Gasteiger partial charge in [0.05, 0.1) is 11.0 Å². The molecule has 0 unspecified atom stereocenters.